The Hall–Kier alpha value is -1.08. The fourth-order valence-corrected chi connectivity index (χ4v) is 3.25. The zero-order valence-electron chi connectivity index (χ0n) is 13.2. The van der Waals surface area contributed by atoms with Crippen molar-refractivity contribution in [3.05, 3.63) is 48.0 Å². The minimum absolute atomic E-state index is 0.236. The lowest BCUT2D eigenvalue weighted by atomic mass is 9.79. The normalized spacial score (nSPS) is 20.9. The van der Waals surface area contributed by atoms with Crippen LogP contribution in [-0.4, -0.2) is 12.6 Å². The van der Waals surface area contributed by atoms with Crippen molar-refractivity contribution in [2.45, 2.75) is 57.9 Å². The number of benzene rings is 1. The van der Waals surface area contributed by atoms with Gasteiger partial charge in [0, 0.05) is 6.04 Å². The van der Waals surface area contributed by atoms with Crippen molar-refractivity contribution < 1.29 is 0 Å². The Morgan fingerprint density at radius 3 is 2.60 bits per heavy atom. The summed E-state index contributed by atoms with van der Waals surface area (Å²) in [7, 11) is 0. The van der Waals surface area contributed by atoms with Crippen LogP contribution >= 0.6 is 0 Å². The molecule has 0 heterocycles. The zero-order chi connectivity index (χ0) is 14.4. The number of rotatable bonds is 6. The number of nitrogens with one attached hydrogen (secondary N) is 1. The van der Waals surface area contributed by atoms with E-state index >= 15 is 0 Å². The van der Waals surface area contributed by atoms with E-state index in [-0.39, 0.29) is 5.41 Å². The second-order valence-corrected chi connectivity index (χ2v) is 6.91. The van der Waals surface area contributed by atoms with E-state index in [4.69, 9.17) is 0 Å². The van der Waals surface area contributed by atoms with Crippen LogP contribution in [0, 0.1) is 5.92 Å². The molecule has 1 nitrogen and oxygen atoms in total. The third-order valence-electron chi connectivity index (χ3n) is 4.50. The van der Waals surface area contributed by atoms with Crippen LogP contribution in [0.1, 0.15) is 52.0 Å². The van der Waals surface area contributed by atoms with Gasteiger partial charge in [-0.25, -0.2) is 0 Å². The van der Waals surface area contributed by atoms with Crippen LogP contribution in [0.15, 0.2) is 42.5 Å². The molecule has 0 fully saturated rings. The first-order valence-corrected chi connectivity index (χ1v) is 8.02. The minimum Gasteiger partial charge on any atom is -0.314 e. The largest absolute Gasteiger partial charge is 0.314 e. The summed E-state index contributed by atoms with van der Waals surface area (Å²) in [6.45, 7) is 8.19. The van der Waals surface area contributed by atoms with Gasteiger partial charge in [0.2, 0.25) is 0 Å². The molecule has 1 aliphatic carbocycles. The molecule has 0 bridgehead atoms. The molecule has 0 saturated carbocycles. The van der Waals surface area contributed by atoms with Crippen molar-refractivity contribution >= 4 is 0 Å². The van der Waals surface area contributed by atoms with Crippen molar-refractivity contribution in [3.8, 4) is 0 Å². The molecular formula is C19H29N. The monoisotopic (exact) mass is 271 g/mol. The van der Waals surface area contributed by atoms with Gasteiger partial charge in [-0.3, -0.25) is 0 Å². The summed E-state index contributed by atoms with van der Waals surface area (Å²) in [5, 5.41) is 3.74. The third-order valence-corrected chi connectivity index (χ3v) is 4.50. The van der Waals surface area contributed by atoms with Gasteiger partial charge in [0.05, 0.1) is 0 Å². The summed E-state index contributed by atoms with van der Waals surface area (Å²) in [5.41, 5.74) is 1.68. The second-order valence-electron chi connectivity index (χ2n) is 6.91. The smallest absolute Gasteiger partial charge is 0.00471 e. The fourth-order valence-electron chi connectivity index (χ4n) is 3.25. The Labute approximate surface area is 124 Å². The molecule has 1 aromatic rings. The lowest BCUT2D eigenvalue weighted by Crippen LogP contribution is -2.36. The number of allylic oxidation sites excluding steroid dienone is 2. The molecule has 1 N–H and O–H groups in total. The highest BCUT2D eigenvalue weighted by molar-refractivity contribution is 5.23. The first-order chi connectivity index (χ1) is 9.58. The molecule has 2 atom stereocenters. The van der Waals surface area contributed by atoms with Gasteiger partial charge in [0.15, 0.2) is 0 Å². The Bertz CT molecular complexity index is 419. The van der Waals surface area contributed by atoms with Crippen LogP contribution in [0.5, 0.6) is 0 Å². The SMILES string of the molecule is CC(CC(C)(C)c1ccccc1)NCC1CC=CCC1. The highest BCUT2D eigenvalue weighted by Crippen LogP contribution is 2.28. The zero-order valence-corrected chi connectivity index (χ0v) is 13.2. The standard InChI is InChI=1S/C19H29N/c1-16(20-15-17-10-6-4-7-11-17)14-19(2,3)18-12-8-5-9-13-18/h4-6,8-9,12-13,16-17,20H,7,10-11,14-15H2,1-3H3. The average molecular weight is 271 g/mol. The molecular weight excluding hydrogens is 242 g/mol. The van der Waals surface area contributed by atoms with Crippen molar-refractivity contribution in [3.63, 3.8) is 0 Å². The van der Waals surface area contributed by atoms with E-state index in [1.54, 1.807) is 0 Å². The summed E-state index contributed by atoms with van der Waals surface area (Å²) >= 11 is 0. The second kappa shape index (κ2) is 7.08. The van der Waals surface area contributed by atoms with Gasteiger partial charge in [-0.2, -0.15) is 0 Å². The van der Waals surface area contributed by atoms with Crippen molar-refractivity contribution in [2.75, 3.05) is 6.54 Å². The van der Waals surface area contributed by atoms with E-state index in [1.165, 1.54) is 31.2 Å². The van der Waals surface area contributed by atoms with Gasteiger partial charge in [-0.1, -0.05) is 56.3 Å². The van der Waals surface area contributed by atoms with Crippen LogP contribution in [-0.2, 0) is 5.41 Å². The highest BCUT2D eigenvalue weighted by Gasteiger charge is 2.23. The predicted molar refractivity (Wildman–Crippen MR) is 88.0 cm³/mol. The fraction of sp³-hybridized carbons (Fsp3) is 0.579. The topological polar surface area (TPSA) is 12.0 Å². The maximum atomic E-state index is 3.74. The molecule has 2 unspecified atom stereocenters. The Balaban J connectivity index is 1.81. The van der Waals surface area contributed by atoms with Gasteiger partial charge < -0.3 is 5.32 Å². The van der Waals surface area contributed by atoms with Gasteiger partial charge >= 0.3 is 0 Å². The Morgan fingerprint density at radius 1 is 1.20 bits per heavy atom. The third kappa shape index (κ3) is 4.49. The van der Waals surface area contributed by atoms with E-state index in [9.17, 15) is 0 Å². The Morgan fingerprint density at radius 2 is 1.95 bits per heavy atom. The molecule has 20 heavy (non-hydrogen) atoms. The van der Waals surface area contributed by atoms with E-state index in [1.807, 2.05) is 0 Å². The molecule has 0 spiro atoms. The quantitative estimate of drug-likeness (QED) is 0.740. The Kier molecular flexibility index (Phi) is 5.42. The summed E-state index contributed by atoms with van der Waals surface area (Å²) < 4.78 is 0. The maximum Gasteiger partial charge on any atom is 0.00471 e. The molecule has 1 heteroatoms. The van der Waals surface area contributed by atoms with Crippen LogP contribution in [0.3, 0.4) is 0 Å². The summed E-state index contributed by atoms with van der Waals surface area (Å²) in [6, 6.07) is 11.4. The van der Waals surface area contributed by atoms with Gasteiger partial charge in [0.1, 0.15) is 0 Å². The highest BCUT2D eigenvalue weighted by atomic mass is 14.9. The summed E-state index contributed by atoms with van der Waals surface area (Å²) in [6.07, 6.45) is 9.70. The van der Waals surface area contributed by atoms with Crippen molar-refractivity contribution in [1.29, 1.82) is 0 Å². The van der Waals surface area contributed by atoms with Crippen LogP contribution in [0.25, 0.3) is 0 Å². The van der Waals surface area contributed by atoms with E-state index in [0.29, 0.717) is 6.04 Å². The molecule has 1 aromatic carbocycles. The summed E-state index contributed by atoms with van der Waals surface area (Å²) in [5.74, 6) is 0.835. The molecule has 110 valence electrons. The maximum absolute atomic E-state index is 3.74. The first kappa shape index (κ1) is 15.3. The first-order valence-electron chi connectivity index (χ1n) is 8.02. The predicted octanol–water partition coefficient (Wildman–Crippen LogP) is 4.69. The molecule has 0 aliphatic heterocycles. The van der Waals surface area contributed by atoms with Crippen molar-refractivity contribution in [1.82, 2.24) is 5.32 Å². The van der Waals surface area contributed by atoms with E-state index in [2.05, 4.69) is 68.6 Å². The molecule has 0 amide bonds. The summed E-state index contributed by atoms with van der Waals surface area (Å²) in [4.78, 5) is 0. The van der Waals surface area contributed by atoms with Crippen LogP contribution in [0.4, 0.5) is 0 Å². The number of hydrogen-bond donors (Lipinski definition) is 1. The van der Waals surface area contributed by atoms with Gasteiger partial charge in [0.25, 0.3) is 0 Å². The molecule has 2 rings (SSSR count). The minimum atomic E-state index is 0.236. The molecule has 1 aliphatic rings. The van der Waals surface area contributed by atoms with Gasteiger partial charge in [-0.05, 0) is 56.0 Å². The van der Waals surface area contributed by atoms with E-state index < -0.39 is 0 Å². The molecule has 0 radical (unpaired) electrons. The van der Waals surface area contributed by atoms with Gasteiger partial charge in [-0.15, -0.1) is 0 Å². The lowest BCUT2D eigenvalue weighted by Gasteiger charge is -2.30. The van der Waals surface area contributed by atoms with Crippen LogP contribution in [0.2, 0.25) is 0 Å². The van der Waals surface area contributed by atoms with E-state index in [0.717, 1.165) is 12.5 Å². The molecule has 0 aromatic heterocycles. The number of hydrogen-bond acceptors (Lipinski definition) is 1. The average Bonchev–Trinajstić information content (AvgIpc) is 2.47. The lowest BCUT2D eigenvalue weighted by molar-refractivity contribution is 0.353. The van der Waals surface area contributed by atoms with Crippen molar-refractivity contribution in [2.24, 2.45) is 5.92 Å². The van der Waals surface area contributed by atoms with Crippen LogP contribution < -0.4 is 5.32 Å². The molecule has 0 saturated heterocycles.